The van der Waals surface area contributed by atoms with Crippen LogP contribution in [0, 0.1) is 0 Å². The van der Waals surface area contributed by atoms with Gasteiger partial charge in [0.15, 0.2) is 11.5 Å². The first kappa shape index (κ1) is 24.6. The summed E-state index contributed by atoms with van der Waals surface area (Å²) >= 11 is 0. The van der Waals surface area contributed by atoms with E-state index in [0.717, 1.165) is 4.90 Å². The zero-order chi connectivity index (χ0) is 24.7. The number of carbonyl (C=O) groups is 3. The molecular weight excluding hydrogens is 440 g/mol. The van der Waals surface area contributed by atoms with Crippen molar-refractivity contribution in [3.63, 3.8) is 0 Å². The molecule has 9 nitrogen and oxygen atoms in total. The molecule has 180 valence electrons. The Morgan fingerprint density at radius 3 is 2.06 bits per heavy atom. The minimum Gasteiger partial charge on any atom is -0.494 e. The van der Waals surface area contributed by atoms with E-state index in [1.54, 1.807) is 37.3 Å². The van der Waals surface area contributed by atoms with Crippen LogP contribution in [0.4, 0.5) is 10.5 Å². The van der Waals surface area contributed by atoms with Crippen molar-refractivity contribution in [1.29, 1.82) is 0 Å². The maximum absolute atomic E-state index is 13.4. The van der Waals surface area contributed by atoms with Crippen molar-refractivity contribution < 1.29 is 33.3 Å². The third kappa shape index (κ3) is 5.31. The summed E-state index contributed by atoms with van der Waals surface area (Å²) in [5.74, 6) is 0.224. The number of imide groups is 2. The van der Waals surface area contributed by atoms with Crippen LogP contribution in [-0.2, 0) is 9.59 Å². The molecule has 1 fully saturated rings. The van der Waals surface area contributed by atoms with Gasteiger partial charge in [0.2, 0.25) is 0 Å². The molecule has 34 heavy (non-hydrogen) atoms. The lowest BCUT2D eigenvalue weighted by atomic mass is 10.1. The number of hydrogen-bond acceptors (Lipinski definition) is 7. The summed E-state index contributed by atoms with van der Waals surface area (Å²) < 4.78 is 22.3. The average molecular weight is 469 g/mol. The lowest BCUT2D eigenvalue weighted by Crippen LogP contribution is -2.54. The van der Waals surface area contributed by atoms with E-state index >= 15 is 0 Å². The summed E-state index contributed by atoms with van der Waals surface area (Å²) in [6.45, 7) is 8.90. The van der Waals surface area contributed by atoms with Gasteiger partial charge < -0.3 is 18.9 Å². The SMILES string of the molecule is CCOc1ccc(OCC)c(N2C(=O)NC(=O)/C(=C\c3ccc(OCC)c(OCC)c3)C2=O)c1. The molecule has 0 radical (unpaired) electrons. The second-order valence-electron chi connectivity index (χ2n) is 7.03. The Morgan fingerprint density at radius 1 is 0.765 bits per heavy atom. The number of nitrogens with one attached hydrogen (secondary N) is 1. The first-order valence-corrected chi connectivity index (χ1v) is 11.1. The van der Waals surface area contributed by atoms with Crippen molar-refractivity contribution >= 4 is 29.6 Å². The maximum Gasteiger partial charge on any atom is 0.336 e. The summed E-state index contributed by atoms with van der Waals surface area (Å²) in [6.07, 6.45) is 1.40. The predicted molar refractivity (Wildman–Crippen MR) is 127 cm³/mol. The van der Waals surface area contributed by atoms with Gasteiger partial charge in [0.05, 0.1) is 32.1 Å². The fraction of sp³-hybridized carbons (Fsp3) is 0.320. The second-order valence-corrected chi connectivity index (χ2v) is 7.03. The van der Waals surface area contributed by atoms with Gasteiger partial charge in [0, 0.05) is 6.07 Å². The van der Waals surface area contributed by atoms with Crippen LogP contribution >= 0.6 is 0 Å². The van der Waals surface area contributed by atoms with Crippen LogP contribution in [0.25, 0.3) is 6.08 Å². The molecule has 1 aliphatic heterocycles. The standard InChI is InChI=1S/C25H28N2O7/c1-5-31-17-10-12-20(32-6-2)19(15-17)27-24(29)18(23(28)26-25(27)30)13-16-9-11-21(33-7-3)22(14-16)34-8-4/h9-15H,5-8H2,1-4H3,(H,26,28,30)/b18-13+. The van der Waals surface area contributed by atoms with Gasteiger partial charge in [-0.2, -0.15) is 0 Å². The van der Waals surface area contributed by atoms with Gasteiger partial charge in [-0.25, -0.2) is 9.69 Å². The van der Waals surface area contributed by atoms with Crippen molar-refractivity contribution in [2.45, 2.75) is 27.7 Å². The molecule has 0 bridgehead atoms. The smallest absolute Gasteiger partial charge is 0.336 e. The lowest BCUT2D eigenvalue weighted by molar-refractivity contribution is -0.122. The molecule has 1 heterocycles. The summed E-state index contributed by atoms with van der Waals surface area (Å²) in [7, 11) is 0. The van der Waals surface area contributed by atoms with E-state index in [4.69, 9.17) is 18.9 Å². The molecule has 0 unspecified atom stereocenters. The van der Waals surface area contributed by atoms with Crippen LogP contribution in [0.1, 0.15) is 33.3 Å². The van der Waals surface area contributed by atoms with Crippen LogP contribution in [-0.4, -0.2) is 44.3 Å². The minimum atomic E-state index is -0.872. The van der Waals surface area contributed by atoms with Gasteiger partial charge in [-0.3, -0.25) is 14.9 Å². The van der Waals surface area contributed by atoms with Crippen molar-refractivity contribution in [2.24, 2.45) is 0 Å². The highest BCUT2D eigenvalue weighted by Crippen LogP contribution is 2.35. The quantitative estimate of drug-likeness (QED) is 0.416. The minimum absolute atomic E-state index is 0.176. The number of barbiturate groups is 1. The van der Waals surface area contributed by atoms with Gasteiger partial charge in [-0.1, -0.05) is 6.07 Å². The van der Waals surface area contributed by atoms with Crippen molar-refractivity contribution in [1.82, 2.24) is 5.32 Å². The van der Waals surface area contributed by atoms with E-state index in [1.807, 2.05) is 20.8 Å². The number of rotatable bonds is 10. The Bertz CT molecular complexity index is 1110. The fourth-order valence-corrected chi connectivity index (χ4v) is 3.41. The van der Waals surface area contributed by atoms with Crippen LogP contribution < -0.4 is 29.2 Å². The number of hydrogen-bond donors (Lipinski definition) is 1. The molecule has 0 spiro atoms. The van der Waals surface area contributed by atoms with Gasteiger partial charge in [0.1, 0.15) is 17.1 Å². The Kier molecular flexibility index (Phi) is 8.13. The first-order chi connectivity index (χ1) is 16.4. The normalized spacial score (nSPS) is 14.8. The number of urea groups is 1. The number of nitrogens with zero attached hydrogens (tertiary/aromatic N) is 1. The van der Waals surface area contributed by atoms with E-state index in [1.165, 1.54) is 12.1 Å². The fourth-order valence-electron chi connectivity index (χ4n) is 3.41. The maximum atomic E-state index is 13.4. The van der Waals surface area contributed by atoms with Crippen molar-refractivity contribution in [3.05, 3.63) is 47.5 Å². The van der Waals surface area contributed by atoms with Crippen LogP contribution in [0.3, 0.4) is 0 Å². The third-order valence-electron chi connectivity index (χ3n) is 4.76. The van der Waals surface area contributed by atoms with E-state index < -0.39 is 17.8 Å². The zero-order valence-corrected chi connectivity index (χ0v) is 19.7. The van der Waals surface area contributed by atoms with Crippen molar-refractivity contribution in [3.8, 4) is 23.0 Å². The summed E-state index contributed by atoms with van der Waals surface area (Å²) in [5, 5.41) is 2.23. The monoisotopic (exact) mass is 468 g/mol. The molecule has 0 aromatic heterocycles. The molecular formula is C25H28N2O7. The molecule has 4 amide bonds. The molecule has 0 aliphatic carbocycles. The summed E-state index contributed by atoms with van der Waals surface area (Å²) in [6, 6.07) is 9.03. The van der Waals surface area contributed by atoms with Crippen LogP contribution in [0.15, 0.2) is 42.0 Å². The third-order valence-corrected chi connectivity index (χ3v) is 4.76. The summed E-state index contributed by atoms with van der Waals surface area (Å²) in [4.78, 5) is 39.6. The Balaban J connectivity index is 2.04. The highest BCUT2D eigenvalue weighted by Gasteiger charge is 2.38. The zero-order valence-electron chi connectivity index (χ0n) is 19.7. The van der Waals surface area contributed by atoms with Gasteiger partial charge >= 0.3 is 6.03 Å². The molecule has 1 saturated heterocycles. The largest absolute Gasteiger partial charge is 0.494 e. The molecule has 3 rings (SSSR count). The summed E-state index contributed by atoms with van der Waals surface area (Å²) in [5.41, 5.74) is 0.499. The number of anilines is 1. The first-order valence-electron chi connectivity index (χ1n) is 11.1. The average Bonchev–Trinajstić information content (AvgIpc) is 2.80. The van der Waals surface area contributed by atoms with Crippen LogP contribution in [0.2, 0.25) is 0 Å². The van der Waals surface area contributed by atoms with Gasteiger partial charge in [0.25, 0.3) is 11.8 Å². The van der Waals surface area contributed by atoms with Crippen LogP contribution in [0.5, 0.6) is 23.0 Å². The second kappa shape index (κ2) is 11.2. The Labute approximate surface area is 198 Å². The molecule has 0 saturated carbocycles. The highest BCUT2D eigenvalue weighted by molar-refractivity contribution is 6.39. The Morgan fingerprint density at radius 2 is 1.38 bits per heavy atom. The molecule has 2 aromatic rings. The Hall–Kier alpha value is -4.01. The molecule has 1 N–H and O–H groups in total. The molecule has 9 heteroatoms. The number of benzene rings is 2. The van der Waals surface area contributed by atoms with E-state index in [2.05, 4.69) is 5.32 Å². The van der Waals surface area contributed by atoms with Gasteiger partial charge in [-0.05, 0) is 63.6 Å². The van der Waals surface area contributed by atoms with Crippen molar-refractivity contribution in [2.75, 3.05) is 31.3 Å². The van der Waals surface area contributed by atoms with E-state index in [-0.39, 0.29) is 11.3 Å². The highest BCUT2D eigenvalue weighted by atomic mass is 16.5. The topological polar surface area (TPSA) is 103 Å². The lowest BCUT2D eigenvalue weighted by Gasteiger charge is -2.28. The molecule has 1 aliphatic rings. The molecule has 2 aromatic carbocycles. The number of ether oxygens (including phenoxy) is 4. The number of carbonyl (C=O) groups excluding carboxylic acids is 3. The van der Waals surface area contributed by atoms with Gasteiger partial charge in [-0.15, -0.1) is 0 Å². The van der Waals surface area contributed by atoms with E-state index in [9.17, 15) is 14.4 Å². The number of amides is 4. The van der Waals surface area contributed by atoms with E-state index in [0.29, 0.717) is 55.0 Å². The predicted octanol–water partition coefficient (Wildman–Crippen LogP) is 3.95. The molecule has 0 atom stereocenters.